The third-order valence-electron chi connectivity index (χ3n) is 4.83. The molecule has 0 N–H and O–H groups in total. The molecule has 0 saturated carbocycles. The fourth-order valence-corrected chi connectivity index (χ4v) is 3.53. The molecule has 2 aromatic carbocycles. The molecule has 0 aliphatic heterocycles. The average Bonchev–Trinajstić information content (AvgIpc) is 3.21. The van der Waals surface area contributed by atoms with Gasteiger partial charge in [0.15, 0.2) is 19.0 Å². The summed E-state index contributed by atoms with van der Waals surface area (Å²) in [7, 11) is 0. The van der Waals surface area contributed by atoms with Crippen molar-refractivity contribution < 1.29 is 23.5 Å². The summed E-state index contributed by atoms with van der Waals surface area (Å²) in [5.74, 6) is -0.640. The predicted octanol–water partition coefficient (Wildman–Crippen LogP) is 3.74. The van der Waals surface area contributed by atoms with E-state index in [0.717, 1.165) is 35.8 Å². The summed E-state index contributed by atoms with van der Waals surface area (Å²) in [5.41, 5.74) is 2.30. The van der Waals surface area contributed by atoms with E-state index < -0.39 is 5.97 Å². The topological polar surface area (TPSA) is 82.8 Å². The van der Waals surface area contributed by atoms with E-state index in [0.29, 0.717) is 21.9 Å². The first kappa shape index (κ1) is 19.2. The quantitative estimate of drug-likeness (QED) is 0.348. The first-order valence-corrected chi connectivity index (χ1v) is 9.55. The Morgan fingerprint density at radius 3 is 2.55 bits per heavy atom. The van der Waals surface area contributed by atoms with E-state index in [1.54, 1.807) is 36.4 Å². The summed E-state index contributed by atoms with van der Waals surface area (Å²) in [6.07, 6.45) is 2.54. The molecule has 0 bridgehead atoms. The fourth-order valence-electron chi connectivity index (χ4n) is 3.40. The van der Waals surface area contributed by atoms with Gasteiger partial charge < -0.3 is 13.9 Å². The minimum atomic E-state index is -0.678. The minimum Gasteiger partial charge on any atom is -0.482 e. The van der Waals surface area contributed by atoms with Gasteiger partial charge in [0.05, 0.1) is 0 Å². The molecule has 6 nitrogen and oxygen atoms in total. The van der Waals surface area contributed by atoms with E-state index in [9.17, 15) is 14.4 Å². The molecule has 1 aromatic heterocycles. The minimum absolute atomic E-state index is 0.317. The second-order valence-corrected chi connectivity index (χ2v) is 7.17. The van der Waals surface area contributed by atoms with Crippen molar-refractivity contribution in [3.63, 3.8) is 0 Å². The third-order valence-corrected chi connectivity index (χ3v) is 5.08. The molecule has 7 heteroatoms. The molecular formula is C22H17ClO6. The monoisotopic (exact) mass is 412 g/mol. The molecule has 0 amide bonds. The Kier molecular flexibility index (Phi) is 5.36. The number of hydrogen-bond acceptors (Lipinski definition) is 6. The van der Waals surface area contributed by atoms with Crippen LogP contribution in [0.4, 0.5) is 0 Å². The fraction of sp³-hybridized carbons (Fsp3) is 0.227. The zero-order valence-corrected chi connectivity index (χ0v) is 16.2. The number of Topliss-reactive ketones (excluding diaryl/α,β-unsaturated/α-hetero) is 1. The number of rotatable bonds is 6. The van der Waals surface area contributed by atoms with E-state index in [1.165, 1.54) is 0 Å². The van der Waals surface area contributed by atoms with Crippen molar-refractivity contribution in [2.24, 2.45) is 0 Å². The number of ketones is 1. The molecule has 148 valence electrons. The van der Waals surface area contributed by atoms with Crippen LogP contribution in [-0.4, -0.2) is 25.0 Å². The van der Waals surface area contributed by atoms with Crippen LogP contribution >= 0.6 is 11.6 Å². The van der Waals surface area contributed by atoms with Crippen LogP contribution in [0.15, 0.2) is 51.7 Å². The zero-order chi connectivity index (χ0) is 20.4. The van der Waals surface area contributed by atoms with Crippen LogP contribution in [0.3, 0.4) is 0 Å². The molecule has 29 heavy (non-hydrogen) atoms. The highest BCUT2D eigenvalue weighted by atomic mass is 35.5. The highest BCUT2D eigenvalue weighted by Crippen LogP contribution is 2.29. The summed E-state index contributed by atoms with van der Waals surface area (Å²) in [6, 6.07) is 11.4. The highest BCUT2D eigenvalue weighted by molar-refractivity contribution is 6.30. The maximum Gasteiger partial charge on any atom is 0.344 e. The Hall–Kier alpha value is -3.12. The molecule has 0 saturated heterocycles. The number of benzene rings is 2. The van der Waals surface area contributed by atoms with Crippen molar-refractivity contribution in [2.45, 2.75) is 19.3 Å². The van der Waals surface area contributed by atoms with E-state index in [2.05, 4.69) is 0 Å². The Morgan fingerprint density at radius 2 is 1.76 bits per heavy atom. The summed E-state index contributed by atoms with van der Waals surface area (Å²) in [6.45, 7) is -0.753. The molecule has 1 aliphatic rings. The molecule has 0 radical (unpaired) electrons. The molecule has 0 unspecified atom stereocenters. The molecule has 3 aromatic rings. The van der Waals surface area contributed by atoms with Gasteiger partial charge in [-0.15, -0.1) is 0 Å². The van der Waals surface area contributed by atoms with Crippen molar-refractivity contribution in [2.75, 3.05) is 13.2 Å². The third kappa shape index (κ3) is 4.17. The zero-order valence-electron chi connectivity index (χ0n) is 15.4. The van der Waals surface area contributed by atoms with Gasteiger partial charge in [0.1, 0.15) is 11.3 Å². The molecule has 0 fully saturated rings. The standard InChI is InChI=1S/C22H17ClO6/c23-14-6-4-13(5-7-14)19(24)11-28-21(25)12-27-15-8-9-17-16-2-1-3-18(16)22(26)29-20(17)10-15/h4-10H,1-3,11-12H2. The Morgan fingerprint density at radius 1 is 1.00 bits per heavy atom. The van der Waals surface area contributed by atoms with Gasteiger partial charge in [0.2, 0.25) is 0 Å². The van der Waals surface area contributed by atoms with Gasteiger partial charge in [-0.3, -0.25) is 4.79 Å². The molecule has 1 heterocycles. The van der Waals surface area contributed by atoms with Crippen LogP contribution in [0, 0.1) is 0 Å². The van der Waals surface area contributed by atoms with Gasteiger partial charge in [-0.25, -0.2) is 9.59 Å². The van der Waals surface area contributed by atoms with Crippen LogP contribution in [0.1, 0.15) is 27.9 Å². The summed E-state index contributed by atoms with van der Waals surface area (Å²) >= 11 is 5.78. The number of hydrogen-bond donors (Lipinski definition) is 0. The van der Waals surface area contributed by atoms with Gasteiger partial charge in [-0.05, 0) is 61.2 Å². The SMILES string of the molecule is O=C(COc1ccc2c3c(c(=O)oc2c1)CCC3)OCC(=O)c1ccc(Cl)cc1. The van der Waals surface area contributed by atoms with E-state index in [1.807, 2.05) is 6.07 Å². The lowest BCUT2D eigenvalue weighted by Crippen LogP contribution is -2.19. The Bertz CT molecular complexity index is 1150. The molecule has 0 atom stereocenters. The predicted molar refractivity (Wildman–Crippen MR) is 107 cm³/mol. The van der Waals surface area contributed by atoms with Crippen LogP contribution in [0.2, 0.25) is 5.02 Å². The van der Waals surface area contributed by atoms with Gasteiger partial charge in [0, 0.05) is 27.6 Å². The molecule has 0 spiro atoms. The second-order valence-electron chi connectivity index (χ2n) is 6.74. The van der Waals surface area contributed by atoms with Crippen molar-refractivity contribution in [1.82, 2.24) is 0 Å². The van der Waals surface area contributed by atoms with Crippen LogP contribution < -0.4 is 10.4 Å². The first-order valence-electron chi connectivity index (χ1n) is 9.17. The number of carbonyl (C=O) groups is 2. The molecule has 4 rings (SSSR count). The van der Waals surface area contributed by atoms with Gasteiger partial charge in [0.25, 0.3) is 0 Å². The van der Waals surface area contributed by atoms with E-state index in [-0.39, 0.29) is 24.6 Å². The van der Waals surface area contributed by atoms with Crippen LogP contribution in [0.5, 0.6) is 5.75 Å². The first-order chi connectivity index (χ1) is 14.0. The van der Waals surface area contributed by atoms with Gasteiger partial charge in [-0.2, -0.15) is 0 Å². The number of halogens is 1. The van der Waals surface area contributed by atoms with Gasteiger partial charge >= 0.3 is 11.6 Å². The molecular weight excluding hydrogens is 396 g/mol. The van der Waals surface area contributed by atoms with Crippen molar-refractivity contribution in [1.29, 1.82) is 0 Å². The summed E-state index contributed by atoms with van der Waals surface area (Å²) in [5, 5.41) is 1.41. The number of aryl methyl sites for hydroxylation is 1. The number of ether oxygens (including phenoxy) is 2. The lowest BCUT2D eigenvalue weighted by Gasteiger charge is -2.09. The summed E-state index contributed by atoms with van der Waals surface area (Å²) < 4.78 is 15.8. The Labute approximate surface area is 171 Å². The van der Waals surface area contributed by atoms with E-state index in [4.69, 9.17) is 25.5 Å². The average molecular weight is 413 g/mol. The normalized spacial score (nSPS) is 12.6. The van der Waals surface area contributed by atoms with E-state index >= 15 is 0 Å². The Balaban J connectivity index is 1.36. The molecule has 1 aliphatic carbocycles. The second kappa shape index (κ2) is 8.09. The maximum absolute atomic E-state index is 12.1. The van der Waals surface area contributed by atoms with Crippen molar-refractivity contribution >= 4 is 34.3 Å². The van der Waals surface area contributed by atoms with Crippen molar-refractivity contribution in [3.8, 4) is 5.75 Å². The van der Waals surface area contributed by atoms with Crippen LogP contribution in [0.25, 0.3) is 11.0 Å². The van der Waals surface area contributed by atoms with Crippen LogP contribution in [-0.2, 0) is 22.4 Å². The maximum atomic E-state index is 12.1. The van der Waals surface area contributed by atoms with Gasteiger partial charge in [-0.1, -0.05) is 11.6 Å². The lowest BCUT2D eigenvalue weighted by molar-refractivity contribution is -0.144. The number of carbonyl (C=O) groups excluding carboxylic acids is 2. The number of fused-ring (bicyclic) bond motifs is 3. The summed E-state index contributed by atoms with van der Waals surface area (Å²) in [4.78, 5) is 36.0. The lowest BCUT2D eigenvalue weighted by atomic mass is 10.1. The smallest absolute Gasteiger partial charge is 0.344 e. The highest BCUT2D eigenvalue weighted by Gasteiger charge is 2.20. The van der Waals surface area contributed by atoms with Crippen molar-refractivity contribution in [3.05, 3.63) is 74.6 Å². The number of esters is 1. The largest absolute Gasteiger partial charge is 0.482 e.